The first-order valence-electron chi connectivity index (χ1n) is 7.85. The fraction of sp³-hybridized carbons (Fsp3) is 0.933. The zero-order valence-electron chi connectivity index (χ0n) is 12.2. The third kappa shape index (κ3) is 4.77. The Kier molecular flexibility index (Phi) is 6.11. The summed E-state index contributed by atoms with van der Waals surface area (Å²) in [6.45, 7) is 6.67. The summed E-state index contributed by atoms with van der Waals surface area (Å²) in [5.74, 6) is 1.96. The molecule has 1 saturated carbocycles. The van der Waals surface area contributed by atoms with Gasteiger partial charge in [0, 0.05) is 13.1 Å². The number of rotatable bonds is 5. The Morgan fingerprint density at radius 1 is 1.16 bits per heavy atom. The predicted octanol–water partition coefficient (Wildman–Crippen LogP) is 1.65. The molecular formula is C15H28N2O2. The van der Waals surface area contributed by atoms with E-state index in [1.54, 1.807) is 0 Å². The third-order valence-corrected chi connectivity index (χ3v) is 4.62. The summed E-state index contributed by atoms with van der Waals surface area (Å²) in [7, 11) is 0. The molecule has 0 radical (unpaired) electrons. The highest BCUT2D eigenvalue weighted by molar-refractivity contribution is 5.78. The van der Waals surface area contributed by atoms with Crippen LogP contribution in [0, 0.1) is 11.8 Å². The fourth-order valence-corrected chi connectivity index (χ4v) is 3.15. The van der Waals surface area contributed by atoms with Gasteiger partial charge in [-0.3, -0.25) is 4.79 Å². The van der Waals surface area contributed by atoms with Crippen LogP contribution in [-0.4, -0.2) is 50.2 Å². The van der Waals surface area contributed by atoms with Gasteiger partial charge in [-0.25, -0.2) is 0 Å². The van der Waals surface area contributed by atoms with Crippen LogP contribution in [0.25, 0.3) is 0 Å². The molecule has 19 heavy (non-hydrogen) atoms. The first-order chi connectivity index (χ1) is 9.29. The van der Waals surface area contributed by atoms with E-state index in [0.717, 1.165) is 31.5 Å². The largest absolute Gasteiger partial charge is 0.378 e. The Labute approximate surface area is 116 Å². The van der Waals surface area contributed by atoms with E-state index in [1.807, 2.05) is 4.90 Å². The molecule has 110 valence electrons. The van der Waals surface area contributed by atoms with Crippen molar-refractivity contribution >= 4 is 5.91 Å². The highest BCUT2D eigenvalue weighted by atomic mass is 16.5. The van der Waals surface area contributed by atoms with Gasteiger partial charge in [-0.05, 0) is 31.2 Å². The van der Waals surface area contributed by atoms with Gasteiger partial charge >= 0.3 is 0 Å². The van der Waals surface area contributed by atoms with Crippen molar-refractivity contribution in [2.45, 2.75) is 39.0 Å². The highest BCUT2D eigenvalue weighted by Gasteiger charge is 2.20. The van der Waals surface area contributed by atoms with Crippen molar-refractivity contribution in [3.63, 3.8) is 0 Å². The van der Waals surface area contributed by atoms with E-state index in [9.17, 15) is 4.79 Å². The van der Waals surface area contributed by atoms with Crippen molar-refractivity contribution in [2.24, 2.45) is 11.8 Å². The number of nitrogens with one attached hydrogen (secondary N) is 1. The Morgan fingerprint density at radius 2 is 1.79 bits per heavy atom. The predicted molar refractivity (Wildman–Crippen MR) is 76.0 cm³/mol. The molecule has 2 rings (SSSR count). The standard InChI is InChI=1S/C15H28N2O2/c1-2-13-3-5-14(6-4-13)11-16-12-15(18)17-7-9-19-10-8-17/h13-14,16H,2-12H2,1H3. The van der Waals surface area contributed by atoms with Gasteiger partial charge in [0.15, 0.2) is 0 Å². The Hall–Kier alpha value is -0.610. The lowest BCUT2D eigenvalue weighted by molar-refractivity contribution is -0.134. The van der Waals surface area contributed by atoms with Crippen LogP contribution in [-0.2, 0) is 9.53 Å². The highest BCUT2D eigenvalue weighted by Crippen LogP contribution is 2.29. The smallest absolute Gasteiger partial charge is 0.236 e. The molecule has 0 unspecified atom stereocenters. The van der Waals surface area contributed by atoms with Crippen molar-refractivity contribution in [2.75, 3.05) is 39.4 Å². The molecule has 1 aliphatic heterocycles. The maximum atomic E-state index is 11.9. The molecule has 0 atom stereocenters. The van der Waals surface area contributed by atoms with Gasteiger partial charge in [0.25, 0.3) is 0 Å². The molecule has 2 aliphatic rings. The summed E-state index contributed by atoms with van der Waals surface area (Å²) in [5.41, 5.74) is 0. The second-order valence-electron chi connectivity index (χ2n) is 5.92. The maximum absolute atomic E-state index is 11.9. The summed E-state index contributed by atoms with van der Waals surface area (Å²) in [6, 6.07) is 0. The molecule has 0 aromatic rings. The molecule has 4 heteroatoms. The minimum atomic E-state index is 0.227. The summed E-state index contributed by atoms with van der Waals surface area (Å²) in [5, 5.41) is 3.35. The van der Waals surface area contributed by atoms with E-state index in [4.69, 9.17) is 4.74 Å². The number of hydrogen-bond acceptors (Lipinski definition) is 3. The van der Waals surface area contributed by atoms with Gasteiger partial charge in [-0.1, -0.05) is 26.2 Å². The Morgan fingerprint density at radius 3 is 2.42 bits per heavy atom. The second-order valence-corrected chi connectivity index (χ2v) is 5.92. The second kappa shape index (κ2) is 7.85. The molecule has 0 aromatic heterocycles. The van der Waals surface area contributed by atoms with Gasteiger partial charge in [0.1, 0.15) is 0 Å². The van der Waals surface area contributed by atoms with Gasteiger partial charge in [0.05, 0.1) is 19.8 Å². The van der Waals surface area contributed by atoms with Gasteiger partial charge in [-0.2, -0.15) is 0 Å². The van der Waals surface area contributed by atoms with Crippen LogP contribution < -0.4 is 5.32 Å². The minimum Gasteiger partial charge on any atom is -0.378 e. The molecule has 1 N–H and O–H groups in total. The van der Waals surface area contributed by atoms with E-state index in [0.29, 0.717) is 19.8 Å². The molecule has 0 aromatic carbocycles. The summed E-state index contributed by atoms with van der Waals surface area (Å²) < 4.78 is 5.26. The molecule has 0 bridgehead atoms. The molecule has 1 saturated heterocycles. The van der Waals surface area contributed by atoms with Gasteiger partial charge < -0.3 is 15.0 Å². The summed E-state index contributed by atoms with van der Waals surface area (Å²) >= 11 is 0. The number of amides is 1. The maximum Gasteiger partial charge on any atom is 0.236 e. The number of nitrogens with zero attached hydrogens (tertiary/aromatic N) is 1. The van der Waals surface area contributed by atoms with Crippen molar-refractivity contribution in [3.05, 3.63) is 0 Å². The van der Waals surface area contributed by atoms with Crippen LogP contribution in [0.5, 0.6) is 0 Å². The molecular weight excluding hydrogens is 240 g/mol. The van der Waals surface area contributed by atoms with E-state index in [1.165, 1.54) is 32.1 Å². The molecule has 0 spiro atoms. The summed E-state index contributed by atoms with van der Waals surface area (Å²) in [6.07, 6.45) is 6.74. The van der Waals surface area contributed by atoms with Crippen LogP contribution in [0.15, 0.2) is 0 Å². The van der Waals surface area contributed by atoms with Crippen LogP contribution in [0.4, 0.5) is 0 Å². The summed E-state index contributed by atoms with van der Waals surface area (Å²) in [4.78, 5) is 13.9. The van der Waals surface area contributed by atoms with E-state index in [-0.39, 0.29) is 5.91 Å². The lowest BCUT2D eigenvalue weighted by Gasteiger charge is -2.29. The number of carbonyl (C=O) groups excluding carboxylic acids is 1. The average molecular weight is 268 g/mol. The molecule has 1 amide bonds. The number of carbonyl (C=O) groups is 1. The van der Waals surface area contributed by atoms with Crippen LogP contribution in [0.1, 0.15) is 39.0 Å². The van der Waals surface area contributed by atoms with E-state index < -0.39 is 0 Å². The van der Waals surface area contributed by atoms with Crippen LogP contribution in [0.3, 0.4) is 0 Å². The zero-order chi connectivity index (χ0) is 13.5. The lowest BCUT2D eigenvalue weighted by atomic mass is 9.81. The first kappa shape index (κ1) is 14.8. The fourth-order valence-electron chi connectivity index (χ4n) is 3.15. The zero-order valence-corrected chi connectivity index (χ0v) is 12.2. The quantitative estimate of drug-likeness (QED) is 0.824. The van der Waals surface area contributed by atoms with Crippen LogP contribution >= 0.6 is 0 Å². The topological polar surface area (TPSA) is 41.6 Å². The van der Waals surface area contributed by atoms with Crippen LogP contribution in [0.2, 0.25) is 0 Å². The Bertz CT molecular complexity index is 269. The first-order valence-corrected chi connectivity index (χ1v) is 7.85. The molecule has 4 nitrogen and oxygen atoms in total. The van der Waals surface area contributed by atoms with Gasteiger partial charge in [0.2, 0.25) is 5.91 Å². The molecule has 2 fully saturated rings. The monoisotopic (exact) mass is 268 g/mol. The van der Waals surface area contributed by atoms with Crippen molar-refractivity contribution in [3.8, 4) is 0 Å². The van der Waals surface area contributed by atoms with E-state index >= 15 is 0 Å². The normalized spacial score (nSPS) is 28.4. The third-order valence-electron chi connectivity index (χ3n) is 4.62. The number of ether oxygens (including phenoxy) is 1. The molecule has 1 heterocycles. The van der Waals surface area contributed by atoms with Crippen molar-refractivity contribution < 1.29 is 9.53 Å². The number of morpholine rings is 1. The van der Waals surface area contributed by atoms with Crippen molar-refractivity contribution in [1.82, 2.24) is 10.2 Å². The van der Waals surface area contributed by atoms with Gasteiger partial charge in [-0.15, -0.1) is 0 Å². The van der Waals surface area contributed by atoms with Crippen molar-refractivity contribution in [1.29, 1.82) is 0 Å². The Balaban J connectivity index is 1.57. The minimum absolute atomic E-state index is 0.227. The number of hydrogen-bond donors (Lipinski definition) is 1. The average Bonchev–Trinajstić information content (AvgIpc) is 2.49. The SMILES string of the molecule is CCC1CCC(CNCC(=O)N2CCOCC2)CC1. The van der Waals surface area contributed by atoms with E-state index in [2.05, 4.69) is 12.2 Å². The lowest BCUT2D eigenvalue weighted by Crippen LogP contribution is -2.45. The molecule has 1 aliphatic carbocycles.